The van der Waals surface area contributed by atoms with E-state index in [1.165, 1.54) is 10.4 Å². The normalized spacial score (nSPS) is 12.8. The van der Waals surface area contributed by atoms with Crippen molar-refractivity contribution in [3.63, 3.8) is 0 Å². The van der Waals surface area contributed by atoms with Gasteiger partial charge in [0.1, 0.15) is 6.10 Å². The first kappa shape index (κ1) is 12.6. The van der Waals surface area contributed by atoms with Crippen LogP contribution in [-0.2, 0) is 0 Å². The van der Waals surface area contributed by atoms with Crippen molar-refractivity contribution in [3.8, 4) is 0 Å². The summed E-state index contributed by atoms with van der Waals surface area (Å²) in [6, 6.07) is 7.74. The third kappa shape index (κ3) is 2.54. The molecule has 0 spiro atoms. The Hall–Kier alpha value is -0.830. The van der Waals surface area contributed by atoms with Crippen LogP contribution in [0.15, 0.2) is 24.3 Å². The van der Waals surface area contributed by atoms with Gasteiger partial charge in [-0.2, -0.15) is 0 Å². The minimum atomic E-state index is -0.578. The zero-order valence-electron chi connectivity index (χ0n) is 10.1. The van der Waals surface area contributed by atoms with E-state index in [2.05, 4.69) is 13.8 Å². The Morgan fingerprint density at radius 2 is 1.82 bits per heavy atom. The number of benzene rings is 1. The summed E-state index contributed by atoms with van der Waals surface area (Å²) in [6.45, 7) is 6.08. The van der Waals surface area contributed by atoms with Gasteiger partial charge in [0.2, 0.25) is 0 Å². The molecule has 17 heavy (non-hydrogen) atoms. The molecule has 0 aliphatic carbocycles. The second-order valence-corrected chi connectivity index (χ2v) is 5.99. The number of aliphatic hydroxyl groups is 1. The van der Waals surface area contributed by atoms with Gasteiger partial charge in [0.15, 0.2) is 0 Å². The molecule has 0 fully saturated rings. The fourth-order valence-corrected chi connectivity index (χ4v) is 2.93. The largest absolute Gasteiger partial charge is 0.383 e. The Morgan fingerprint density at radius 3 is 2.35 bits per heavy atom. The van der Waals surface area contributed by atoms with Gasteiger partial charge >= 0.3 is 0 Å². The molecule has 1 N–H and O–H groups in total. The first-order valence-electron chi connectivity index (χ1n) is 5.50. The molecule has 90 valence electrons. The minimum absolute atomic E-state index is 0.578. The van der Waals surface area contributed by atoms with Gasteiger partial charge < -0.3 is 5.11 Å². The van der Waals surface area contributed by atoms with E-state index in [-0.39, 0.29) is 0 Å². The van der Waals surface area contributed by atoms with Gasteiger partial charge in [-0.15, -0.1) is 11.3 Å². The predicted molar refractivity (Wildman–Crippen MR) is 74.0 cm³/mol. The highest BCUT2D eigenvalue weighted by molar-refractivity contribution is 7.12. The number of thiophene rings is 1. The van der Waals surface area contributed by atoms with Crippen molar-refractivity contribution in [2.45, 2.75) is 26.9 Å². The lowest BCUT2D eigenvalue weighted by Gasteiger charge is -2.10. The molecule has 1 nitrogen and oxygen atoms in total. The predicted octanol–water partition coefficient (Wildman–Crippen LogP) is 4.41. The standard InChI is InChI=1S/C14H15ClOS/c1-8-4-5-11(7-12(8)15)14(16)13-6-9(2)10(3)17-13/h4-7,14,16H,1-3H3. The van der Waals surface area contributed by atoms with Crippen LogP contribution in [0.1, 0.15) is 32.5 Å². The summed E-state index contributed by atoms with van der Waals surface area (Å²) < 4.78 is 0. The molecule has 1 aromatic carbocycles. The van der Waals surface area contributed by atoms with Crippen LogP contribution in [0.5, 0.6) is 0 Å². The first-order valence-corrected chi connectivity index (χ1v) is 6.69. The topological polar surface area (TPSA) is 20.2 Å². The van der Waals surface area contributed by atoms with Crippen molar-refractivity contribution in [1.29, 1.82) is 0 Å². The smallest absolute Gasteiger partial charge is 0.113 e. The zero-order chi connectivity index (χ0) is 12.6. The second-order valence-electron chi connectivity index (χ2n) is 4.30. The average Bonchev–Trinajstić information content (AvgIpc) is 2.62. The van der Waals surface area contributed by atoms with Crippen molar-refractivity contribution in [2.24, 2.45) is 0 Å². The van der Waals surface area contributed by atoms with Crippen molar-refractivity contribution in [3.05, 3.63) is 55.7 Å². The van der Waals surface area contributed by atoms with Crippen LogP contribution in [0.3, 0.4) is 0 Å². The van der Waals surface area contributed by atoms with Gasteiger partial charge in [0.25, 0.3) is 0 Å². The quantitative estimate of drug-likeness (QED) is 0.854. The van der Waals surface area contributed by atoms with Crippen molar-refractivity contribution >= 4 is 22.9 Å². The number of hydrogen-bond donors (Lipinski definition) is 1. The van der Waals surface area contributed by atoms with Gasteiger partial charge in [0, 0.05) is 14.8 Å². The number of halogens is 1. The average molecular weight is 267 g/mol. The lowest BCUT2D eigenvalue weighted by atomic mass is 10.1. The van der Waals surface area contributed by atoms with E-state index in [1.54, 1.807) is 11.3 Å². The highest BCUT2D eigenvalue weighted by Gasteiger charge is 2.14. The van der Waals surface area contributed by atoms with Gasteiger partial charge in [-0.25, -0.2) is 0 Å². The summed E-state index contributed by atoms with van der Waals surface area (Å²) in [5.74, 6) is 0. The van der Waals surface area contributed by atoms with Crippen molar-refractivity contribution in [1.82, 2.24) is 0 Å². The number of aliphatic hydroxyl groups excluding tert-OH is 1. The summed E-state index contributed by atoms with van der Waals surface area (Å²) in [6.07, 6.45) is -0.578. The Bertz CT molecular complexity index is 526. The fourth-order valence-electron chi connectivity index (χ4n) is 1.68. The van der Waals surface area contributed by atoms with Gasteiger partial charge in [-0.05, 0) is 49.6 Å². The molecule has 3 heteroatoms. The van der Waals surface area contributed by atoms with Crippen LogP contribution in [0, 0.1) is 20.8 Å². The summed E-state index contributed by atoms with van der Waals surface area (Å²) in [5.41, 5.74) is 3.10. The molecule has 1 heterocycles. The van der Waals surface area contributed by atoms with Crippen LogP contribution < -0.4 is 0 Å². The molecule has 0 saturated heterocycles. The van der Waals surface area contributed by atoms with E-state index in [0.29, 0.717) is 5.02 Å². The van der Waals surface area contributed by atoms with Crippen LogP contribution in [0.25, 0.3) is 0 Å². The zero-order valence-corrected chi connectivity index (χ0v) is 11.7. The lowest BCUT2D eigenvalue weighted by Crippen LogP contribution is -1.97. The summed E-state index contributed by atoms with van der Waals surface area (Å²) in [5, 5.41) is 11.0. The SMILES string of the molecule is Cc1ccc(C(O)c2cc(C)c(C)s2)cc1Cl. The van der Waals surface area contributed by atoms with Gasteiger partial charge in [-0.3, -0.25) is 0 Å². The second kappa shape index (κ2) is 4.81. The molecule has 0 aliphatic heterocycles. The van der Waals surface area contributed by atoms with E-state index in [4.69, 9.17) is 11.6 Å². The summed E-state index contributed by atoms with van der Waals surface area (Å²) >= 11 is 7.71. The number of rotatable bonds is 2. The van der Waals surface area contributed by atoms with Crippen LogP contribution in [0.2, 0.25) is 5.02 Å². The number of hydrogen-bond acceptors (Lipinski definition) is 2. The highest BCUT2D eigenvalue weighted by Crippen LogP contribution is 2.32. The maximum atomic E-state index is 10.3. The molecule has 0 bridgehead atoms. The molecule has 0 saturated carbocycles. The summed E-state index contributed by atoms with van der Waals surface area (Å²) in [4.78, 5) is 2.22. The molecule has 2 aromatic rings. The molecule has 1 atom stereocenters. The first-order chi connectivity index (χ1) is 7.99. The maximum absolute atomic E-state index is 10.3. The van der Waals surface area contributed by atoms with Crippen LogP contribution >= 0.6 is 22.9 Å². The maximum Gasteiger partial charge on any atom is 0.113 e. The third-order valence-corrected chi connectivity index (χ3v) is 4.58. The van der Waals surface area contributed by atoms with Crippen LogP contribution in [0.4, 0.5) is 0 Å². The molecule has 2 rings (SSSR count). The Labute approximate surface area is 111 Å². The molecular weight excluding hydrogens is 252 g/mol. The molecule has 1 aromatic heterocycles. The fraction of sp³-hybridized carbons (Fsp3) is 0.286. The van der Waals surface area contributed by atoms with E-state index < -0.39 is 6.10 Å². The van der Waals surface area contributed by atoms with E-state index in [1.807, 2.05) is 31.2 Å². The lowest BCUT2D eigenvalue weighted by molar-refractivity contribution is 0.224. The van der Waals surface area contributed by atoms with Gasteiger partial charge in [-0.1, -0.05) is 23.7 Å². The Morgan fingerprint density at radius 1 is 1.12 bits per heavy atom. The van der Waals surface area contributed by atoms with E-state index in [0.717, 1.165) is 16.0 Å². The monoisotopic (exact) mass is 266 g/mol. The molecule has 0 aliphatic rings. The summed E-state index contributed by atoms with van der Waals surface area (Å²) in [7, 11) is 0. The van der Waals surface area contributed by atoms with Crippen molar-refractivity contribution < 1.29 is 5.11 Å². The molecular formula is C14H15ClOS. The number of aryl methyl sites for hydroxylation is 3. The molecule has 0 amide bonds. The van der Waals surface area contributed by atoms with Crippen molar-refractivity contribution in [2.75, 3.05) is 0 Å². The van der Waals surface area contributed by atoms with E-state index >= 15 is 0 Å². The highest BCUT2D eigenvalue weighted by atomic mass is 35.5. The Balaban J connectivity index is 2.36. The Kier molecular flexibility index (Phi) is 3.57. The van der Waals surface area contributed by atoms with Gasteiger partial charge in [0.05, 0.1) is 0 Å². The van der Waals surface area contributed by atoms with E-state index in [9.17, 15) is 5.11 Å². The third-order valence-electron chi connectivity index (χ3n) is 2.97. The minimum Gasteiger partial charge on any atom is -0.383 e. The van der Waals surface area contributed by atoms with Crippen LogP contribution in [-0.4, -0.2) is 5.11 Å². The molecule has 1 unspecified atom stereocenters. The molecule has 0 radical (unpaired) electrons.